The third-order valence-electron chi connectivity index (χ3n) is 3.95. The summed E-state index contributed by atoms with van der Waals surface area (Å²) in [6.07, 6.45) is 5.05. The van der Waals surface area contributed by atoms with Crippen LogP contribution in [0.2, 0.25) is 0 Å². The molecule has 0 saturated carbocycles. The van der Waals surface area contributed by atoms with Crippen molar-refractivity contribution < 1.29 is 4.74 Å². The molecule has 0 radical (unpaired) electrons. The molecule has 2 aliphatic heterocycles. The first kappa shape index (κ1) is 10.8. The van der Waals surface area contributed by atoms with Crippen molar-refractivity contribution in [2.24, 2.45) is 0 Å². The van der Waals surface area contributed by atoms with E-state index in [2.05, 4.69) is 23.7 Å². The first-order chi connectivity index (χ1) is 7.84. The molecule has 1 aromatic rings. The van der Waals surface area contributed by atoms with Crippen LogP contribution in [0.15, 0.2) is 11.4 Å². The van der Waals surface area contributed by atoms with Gasteiger partial charge in [0.1, 0.15) is 0 Å². The van der Waals surface area contributed by atoms with E-state index in [9.17, 15) is 0 Å². The molecule has 3 rings (SSSR count). The molecule has 2 atom stereocenters. The van der Waals surface area contributed by atoms with Gasteiger partial charge in [-0.25, -0.2) is 0 Å². The third kappa shape index (κ3) is 1.62. The molecule has 0 aromatic carbocycles. The van der Waals surface area contributed by atoms with Gasteiger partial charge >= 0.3 is 0 Å². The van der Waals surface area contributed by atoms with Gasteiger partial charge in [0.2, 0.25) is 0 Å². The molecule has 3 heterocycles. The summed E-state index contributed by atoms with van der Waals surface area (Å²) in [7, 11) is 0. The van der Waals surface area contributed by atoms with E-state index in [-0.39, 0.29) is 5.54 Å². The molecule has 3 heteroatoms. The summed E-state index contributed by atoms with van der Waals surface area (Å²) in [6, 6.07) is 2.30. The SMILES string of the molecule is CCC1CC2(CCO1)NCCc1ccsc12. The zero-order valence-electron chi connectivity index (χ0n) is 9.79. The van der Waals surface area contributed by atoms with Crippen LogP contribution in [0.25, 0.3) is 0 Å². The lowest BCUT2D eigenvalue weighted by Gasteiger charge is -2.44. The maximum atomic E-state index is 5.81. The highest BCUT2D eigenvalue weighted by Gasteiger charge is 2.41. The molecule has 16 heavy (non-hydrogen) atoms. The number of rotatable bonds is 1. The Hall–Kier alpha value is -0.380. The largest absolute Gasteiger partial charge is 0.378 e. The minimum Gasteiger partial charge on any atom is -0.378 e. The van der Waals surface area contributed by atoms with E-state index >= 15 is 0 Å². The fourth-order valence-corrected chi connectivity index (χ4v) is 4.22. The summed E-state index contributed by atoms with van der Waals surface area (Å²) < 4.78 is 5.81. The van der Waals surface area contributed by atoms with E-state index in [0.29, 0.717) is 6.10 Å². The van der Waals surface area contributed by atoms with Gasteiger partial charge in [-0.2, -0.15) is 0 Å². The Morgan fingerprint density at radius 3 is 3.44 bits per heavy atom. The fourth-order valence-electron chi connectivity index (χ4n) is 3.05. The number of fused-ring (bicyclic) bond motifs is 2. The van der Waals surface area contributed by atoms with Crippen molar-refractivity contribution in [3.05, 3.63) is 21.9 Å². The van der Waals surface area contributed by atoms with Gasteiger partial charge in [-0.1, -0.05) is 6.92 Å². The monoisotopic (exact) mass is 237 g/mol. The fraction of sp³-hybridized carbons (Fsp3) is 0.692. The summed E-state index contributed by atoms with van der Waals surface area (Å²) in [5.41, 5.74) is 1.81. The van der Waals surface area contributed by atoms with Gasteiger partial charge in [-0.15, -0.1) is 11.3 Å². The lowest BCUT2D eigenvalue weighted by Crippen LogP contribution is -2.52. The highest BCUT2D eigenvalue weighted by Crippen LogP contribution is 2.42. The van der Waals surface area contributed by atoms with Gasteiger partial charge in [0.15, 0.2) is 0 Å². The quantitative estimate of drug-likeness (QED) is 0.811. The van der Waals surface area contributed by atoms with Gasteiger partial charge in [0.05, 0.1) is 11.6 Å². The Morgan fingerprint density at radius 1 is 1.62 bits per heavy atom. The summed E-state index contributed by atoms with van der Waals surface area (Å²) >= 11 is 1.93. The lowest BCUT2D eigenvalue weighted by atomic mass is 9.80. The molecule has 2 unspecified atom stereocenters. The number of thiophene rings is 1. The van der Waals surface area contributed by atoms with E-state index in [1.807, 2.05) is 11.3 Å². The van der Waals surface area contributed by atoms with Crippen LogP contribution in [-0.2, 0) is 16.7 Å². The molecule has 1 aromatic heterocycles. The van der Waals surface area contributed by atoms with E-state index in [4.69, 9.17) is 4.74 Å². The second kappa shape index (κ2) is 4.13. The van der Waals surface area contributed by atoms with Gasteiger partial charge in [-0.05, 0) is 42.7 Å². The summed E-state index contributed by atoms with van der Waals surface area (Å²) in [5, 5.41) is 6.02. The van der Waals surface area contributed by atoms with Crippen LogP contribution in [0.5, 0.6) is 0 Å². The van der Waals surface area contributed by atoms with Crippen LogP contribution in [-0.4, -0.2) is 19.3 Å². The Balaban J connectivity index is 1.94. The Kier molecular flexibility index (Phi) is 2.78. The zero-order valence-corrected chi connectivity index (χ0v) is 10.6. The second-order valence-corrected chi connectivity index (χ2v) is 5.81. The molecule has 88 valence electrons. The van der Waals surface area contributed by atoms with Gasteiger partial charge in [0.25, 0.3) is 0 Å². The van der Waals surface area contributed by atoms with Crippen molar-refractivity contribution in [2.45, 2.75) is 44.2 Å². The van der Waals surface area contributed by atoms with E-state index in [1.165, 1.54) is 6.42 Å². The van der Waals surface area contributed by atoms with Crippen molar-refractivity contribution in [2.75, 3.05) is 13.2 Å². The molecule has 1 fully saturated rings. The first-order valence-corrected chi connectivity index (χ1v) is 7.15. The average molecular weight is 237 g/mol. The molecule has 1 spiro atoms. The minimum absolute atomic E-state index is 0.237. The van der Waals surface area contributed by atoms with Crippen molar-refractivity contribution >= 4 is 11.3 Å². The molecule has 2 aliphatic rings. The normalized spacial score (nSPS) is 33.9. The van der Waals surface area contributed by atoms with Crippen LogP contribution < -0.4 is 5.32 Å². The first-order valence-electron chi connectivity index (χ1n) is 6.27. The highest BCUT2D eigenvalue weighted by molar-refractivity contribution is 7.10. The van der Waals surface area contributed by atoms with E-state index in [0.717, 1.165) is 32.4 Å². The molecule has 1 N–H and O–H groups in total. The summed E-state index contributed by atoms with van der Waals surface area (Å²) in [4.78, 5) is 1.58. The van der Waals surface area contributed by atoms with Crippen LogP contribution in [0.3, 0.4) is 0 Å². The van der Waals surface area contributed by atoms with E-state index in [1.54, 1.807) is 10.4 Å². The number of hydrogen-bond donors (Lipinski definition) is 1. The Morgan fingerprint density at radius 2 is 2.56 bits per heavy atom. The standard InChI is InChI=1S/C13H19NOS/c1-2-11-9-13(5-7-15-11)12-10(3-6-14-13)4-8-16-12/h4,8,11,14H,2-3,5-7,9H2,1H3. The number of nitrogens with one attached hydrogen (secondary N) is 1. The summed E-state index contributed by atoms with van der Waals surface area (Å²) in [5.74, 6) is 0. The van der Waals surface area contributed by atoms with Crippen LogP contribution in [0.4, 0.5) is 0 Å². The van der Waals surface area contributed by atoms with Gasteiger partial charge in [-0.3, -0.25) is 0 Å². The second-order valence-electron chi connectivity index (χ2n) is 4.89. The molecular formula is C13H19NOS. The van der Waals surface area contributed by atoms with Crippen molar-refractivity contribution in [1.82, 2.24) is 5.32 Å². The zero-order chi connectivity index (χ0) is 11.0. The van der Waals surface area contributed by atoms with Crippen LogP contribution in [0, 0.1) is 0 Å². The molecular weight excluding hydrogens is 218 g/mol. The van der Waals surface area contributed by atoms with Gasteiger partial charge in [0, 0.05) is 18.0 Å². The van der Waals surface area contributed by atoms with Crippen molar-refractivity contribution in [1.29, 1.82) is 0 Å². The average Bonchev–Trinajstić information content (AvgIpc) is 2.79. The predicted octanol–water partition coefficient (Wildman–Crippen LogP) is 2.68. The topological polar surface area (TPSA) is 21.3 Å². The molecule has 0 amide bonds. The molecule has 0 bridgehead atoms. The molecule has 0 aliphatic carbocycles. The number of ether oxygens (including phenoxy) is 1. The molecule has 1 saturated heterocycles. The van der Waals surface area contributed by atoms with Gasteiger partial charge < -0.3 is 10.1 Å². The number of hydrogen-bond acceptors (Lipinski definition) is 3. The maximum Gasteiger partial charge on any atom is 0.0593 e. The van der Waals surface area contributed by atoms with Crippen molar-refractivity contribution in [3.63, 3.8) is 0 Å². The van der Waals surface area contributed by atoms with Crippen LogP contribution in [0.1, 0.15) is 36.6 Å². The van der Waals surface area contributed by atoms with Crippen LogP contribution >= 0.6 is 11.3 Å². The lowest BCUT2D eigenvalue weighted by molar-refractivity contribution is -0.0328. The highest BCUT2D eigenvalue weighted by atomic mass is 32.1. The van der Waals surface area contributed by atoms with E-state index < -0.39 is 0 Å². The predicted molar refractivity (Wildman–Crippen MR) is 67.0 cm³/mol. The Bertz CT molecular complexity index is 376. The smallest absolute Gasteiger partial charge is 0.0593 e. The maximum absolute atomic E-state index is 5.81. The molecule has 2 nitrogen and oxygen atoms in total. The minimum atomic E-state index is 0.237. The summed E-state index contributed by atoms with van der Waals surface area (Å²) in [6.45, 7) is 4.25. The Labute approximate surface area is 101 Å². The van der Waals surface area contributed by atoms with Crippen molar-refractivity contribution in [3.8, 4) is 0 Å². The third-order valence-corrected chi connectivity index (χ3v) is 5.11.